The van der Waals surface area contributed by atoms with Gasteiger partial charge in [0.1, 0.15) is 0 Å². The highest BCUT2D eigenvalue weighted by atomic mass is 79.9. The van der Waals surface area contributed by atoms with Crippen molar-refractivity contribution in [2.24, 2.45) is 0 Å². The number of carbonyl (C=O) groups is 2. The first-order valence-electron chi connectivity index (χ1n) is 7.05. The highest BCUT2D eigenvalue weighted by Gasteiger charge is 2.14. The quantitative estimate of drug-likeness (QED) is 0.699. The van der Waals surface area contributed by atoms with Crippen molar-refractivity contribution in [2.45, 2.75) is 19.4 Å². The Hall–Kier alpha value is -2.34. The Morgan fingerprint density at radius 1 is 1.26 bits per heavy atom. The van der Waals surface area contributed by atoms with Crippen LogP contribution in [0.2, 0.25) is 0 Å². The number of anilines is 1. The Morgan fingerprint density at radius 3 is 2.65 bits per heavy atom. The maximum Gasteiger partial charge on any atom is 0.335 e. The molecule has 2 aromatic rings. The zero-order valence-corrected chi connectivity index (χ0v) is 14.1. The molecule has 0 aliphatic heterocycles. The Morgan fingerprint density at radius 2 is 2.00 bits per heavy atom. The highest BCUT2D eigenvalue weighted by molar-refractivity contribution is 9.10. The van der Waals surface area contributed by atoms with Crippen LogP contribution < -0.4 is 11.1 Å². The van der Waals surface area contributed by atoms with E-state index in [4.69, 9.17) is 10.8 Å². The first kappa shape index (κ1) is 17.0. The summed E-state index contributed by atoms with van der Waals surface area (Å²) in [6.45, 7) is 1.86. The van der Waals surface area contributed by atoms with E-state index >= 15 is 0 Å². The molecule has 1 amide bonds. The van der Waals surface area contributed by atoms with E-state index in [1.54, 1.807) is 30.3 Å². The van der Waals surface area contributed by atoms with Gasteiger partial charge in [0.2, 0.25) is 0 Å². The smallest absolute Gasteiger partial charge is 0.335 e. The minimum absolute atomic E-state index is 0.158. The monoisotopic (exact) mass is 376 g/mol. The zero-order valence-electron chi connectivity index (χ0n) is 12.5. The van der Waals surface area contributed by atoms with Gasteiger partial charge >= 0.3 is 5.97 Å². The molecular weight excluding hydrogens is 360 g/mol. The fraction of sp³-hybridized carbons (Fsp3) is 0.176. The number of carboxylic acids is 1. The van der Waals surface area contributed by atoms with E-state index in [0.29, 0.717) is 17.7 Å². The van der Waals surface area contributed by atoms with Gasteiger partial charge in [-0.3, -0.25) is 4.79 Å². The molecule has 0 saturated heterocycles. The molecule has 0 aliphatic rings. The van der Waals surface area contributed by atoms with Gasteiger partial charge in [0.25, 0.3) is 5.91 Å². The second-order valence-corrected chi connectivity index (χ2v) is 6.23. The average Bonchev–Trinajstić information content (AvgIpc) is 2.47. The number of hydrogen-bond acceptors (Lipinski definition) is 3. The molecule has 0 spiro atoms. The standard InChI is InChI=1S/C17H17BrN2O3/c1-10(7-11-3-2-4-12(8-11)17(22)23)20-16(21)14-6-5-13(18)9-15(14)19/h2-6,8-10H,7,19H2,1H3,(H,20,21)(H,22,23). The van der Waals surface area contributed by atoms with Crippen molar-refractivity contribution in [2.75, 3.05) is 5.73 Å². The summed E-state index contributed by atoms with van der Waals surface area (Å²) in [4.78, 5) is 23.2. The number of rotatable bonds is 5. The Labute approximate surface area is 142 Å². The molecule has 1 unspecified atom stereocenters. The molecule has 6 heteroatoms. The van der Waals surface area contributed by atoms with Crippen LogP contribution in [0.4, 0.5) is 5.69 Å². The fourth-order valence-corrected chi connectivity index (χ4v) is 2.66. The highest BCUT2D eigenvalue weighted by Crippen LogP contribution is 2.18. The molecule has 1 atom stereocenters. The molecule has 23 heavy (non-hydrogen) atoms. The summed E-state index contributed by atoms with van der Waals surface area (Å²) in [5.74, 6) is -1.22. The van der Waals surface area contributed by atoms with Crippen LogP contribution in [0.15, 0.2) is 46.9 Å². The van der Waals surface area contributed by atoms with Crippen molar-refractivity contribution < 1.29 is 14.7 Å². The molecule has 120 valence electrons. The first-order valence-corrected chi connectivity index (χ1v) is 7.84. The Balaban J connectivity index is 2.04. The number of nitrogen functional groups attached to an aromatic ring is 1. The van der Waals surface area contributed by atoms with Gasteiger partial charge in [0, 0.05) is 16.2 Å². The molecule has 0 aromatic heterocycles. The maximum atomic E-state index is 12.3. The molecule has 5 nitrogen and oxygen atoms in total. The summed E-state index contributed by atoms with van der Waals surface area (Å²) in [5.41, 5.74) is 7.75. The van der Waals surface area contributed by atoms with E-state index in [1.165, 1.54) is 6.07 Å². The van der Waals surface area contributed by atoms with Crippen LogP contribution in [0.3, 0.4) is 0 Å². The van der Waals surface area contributed by atoms with Crippen LogP contribution in [0, 0.1) is 0 Å². The number of nitrogens with one attached hydrogen (secondary N) is 1. The van der Waals surface area contributed by atoms with Crippen molar-refractivity contribution in [1.82, 2.24) is 5.32 Å². The van der Waals surface area contributed by atoms with E-state index < -0.39 is 5.97 Å². The van der Waals surface area contributed by atoms with Gasteiger partial charge in [-0.05, 0) is 49.2 Å². The summed E-state index contributed by atoms with van der Waals surface area (Å²) in [5, 5.41) is 11.9. The molecule has 0 radical (unpaired) electrons. The average molecular weight is 377 g/mol. The largest absolute Gasteiger partial charge is 0.478 e. The minimum Gasteiger partial charge on any atom is -0.478 e. The summed E-state index contributed by atoms with van der Waals surface area (Å²) in [6.07, 6.45) is 0.531. The van der Waals surface area contributed by atoms with Gasteiger partial charge in [-0.1, -0.05) is 28.1 Å². The predicted molar refractivity (Wildman–Crippen MR) is 92.6 cm³/mol. The number of benzene rings is 2. The van der Waals surface area contributed by atoms with Gasteiger partial charge < -0.3 is 16.2 Å². The van der Waals surface area contributed by atoms with Crippen LogP contribution in [-0.2, 0) is 6.42 Å². The van der Waals surface area contributed by atoms with E-state index in [9.17, 15) is 9.59 Å². The lowest BCUT2D eigenvalue weighted by Crippen LogP contribution is -2.34. The lowest BCUT2D eigenvalue weighted by Gasteiger charge is -2.15. The number of nitrogens with two attached hydrogens (primary N) is 1. The van der Waals surface area contributed by atoms with E-state index in [-0.39, 0.29) is 17.5 Å². The molecule has 0 aliphatic carbocycles. The van der Waals surface area contributed by atoms with Crippen molar-refractivity contribution in [3.8, 4) is 0 Å². The van der Waals surface area contributed by atoms with Gasteiger partial charge in [-0.25, -0.2) is 4.79 Å². The summed E-state index contributed by atoms with van der Waals surface area (Å²) >= 11 is 3.30. The van der Waals surface area contributed by atoms with E-state index in [2.05, 4.69) is 21.2 Å². The van der Waals surface area contributed by atoms with Crippen molar-refractivity contribution >= 4 is 33.5 Å². The topological polar surface area (TPSA) is 92.4 Å². The van der Waals surface area contributed by atoms with Crippen molar-refractivity contribution in [1.29, 1.82) is 0 Å². The number of hydrogen-bond donors (Lipinski definition) is 3. The second kappa shape index (κ2) is 7.28. The van der Waals surface area contributed by atoms with Crippen molar-refractivity contribution in [3.63, 3.8) is 0 Å². The maximum absolute atomic E-state index is 12.3. The molecule has 0 bridgehead atoms. The number of carbonyl (C=O) groups excluding carboxylic acids is 1. The van der Waals surface area contributed by atoms with Gasteiger partial charge in [-0.2, -0.15) is 0 Å². The van der Waals surface area contributed by atoms with Crippen LogP contribution >= 0.6 is 15.9 Å². The van der Waals surface area contributed by atoms with Crippen LogP contribution in [0.1, 0.15) is 33.2 Å². The van der Waals surface area contributed by atoms with Crippen molar-refractivity contribution in [3.05, 3.63) is 63.6 Å². The third-order valence-corrected chi connectivity index (χ3v) is 3.84. The summed E-state index contributed by atoms with van der Waals surface area (Å²) < 4.78 is 0.810. The molecular formula is C17H17BrN2O3. The molecule has 2 aromatic carbocycles. The molecule has 2 rings (SSSR count). The van der Waals surface area contributed by atoms with Crippen LogP contribution in [0.25, 0.3) is 0 Å². The van der Waals surface area contributed by atoms with Crippen LogP contribution in [-0.4, -0.2) is 23.0 Å². The molecule has 4 N–H and O–H groups in total. The third-order valence-electron chi connectivity index (χ3n) is 3.35. The van der Waals surface area contributed by atoms with E-state index in [1.807, 2.05) is 13.0 Å². The number of carboxylic acid groups (broad SMARTS) is 1. The second-order valence-electron chi connectivity index (χ2n) is 5.32. The number of amides is 1. The molecule has 0 saturated carbocycles. The Bertz CT molecular complexity index is 746. The number of aromatic carboxylic acids is 1. The number of halogens is 1. The normalized spacial score (nSPS) is 11.7. The molecule has 0 fully saturated rings. The summed E-state index contributed by atoms with van der Waals surface area (Å²) in [7, 11) is 0. The molecule has 0 heterocycles. The Kier molecular flexibility index (Phi) is 5.39. The van der Waals surface area contributed by atoms with Crippen LogP contribution in [0.5, 0.6) is 0 Å². The zero-order chi connectivity index (χ0) is 17.0. The van der Waals surface area contributed by atoms with Gasteiger partial charge in [0.05, 0.1) is 11.1 Å². The third kappa shape index (κ3) is 4.56. The van der Waals surface area contributed by atoms with Gasteiger partial charge in [-0.15, -0.1) is 0 Å². The van der Waals surface area contributed by atoms with Gasteiger partial charge in [0.15, 0.2) is 0 Å². The fourth-order valence-electron chi connectivity index (χ4n) is 2.28. The SMILES string of the molecule is CC(Cc1cccc(C(=O)O)c1)NC(=O)c1ccc(Br)cc1N. The lowest BCUT2D eigenvalue weighted by molar-refractivity contribution is 0.0696. The van der Waals surface area contributed by atoms with E-state index in [0.717, 1.165) is 10.0 Å². The first-order chi connectivity index (χ1) is 10.9. The summed E-state index contributed by atoms with van der Waals surface area (Å²) in [6, 6.07) is 11.6. The predicted octanol–water partition coefficient (Wildman–Crippen LogP) is 3.09. The minimum atomic E-state index is -0.967. The lowest BCUT2D eigenvalue weighted by atomic mass is 10.0.